The highest BCUT2D eigenvalue weighted by atomic mass is 127. The Bertz CT molecular complexity index is 739. The van der Waals surface area contributed by atoms with E-state index in [2.05, 4.69) is 39.7 Å². The van der Waals surface area contributed by atoms with Crippen molar-refractivity contribution < 1.29 is 4.79 Å². The molecule has 1 aliphatic rings. The number of hydrogen-bond acceptors (Lipinski definition) is 3. The molecule has 2 aromatic rings. The van der Waals surface area contributed by atoms with Crippen molar-refractivity contribution >= 4 is 45.6 Å². The molecule has 0 unspecified atom stereocenters. The molecule has 2 aromatic carbocycles. The minimum absolute atomic E-state index is 0.118. The second-order valence-corrected chi connectivity index (χ2v) is 7.65. The number of piperidine rings is 1. The fraction of sp³-hybridized carbons (Fsp3) is 0.316. The maximum Gasteiger partial charge on any atom is 0.255 e. The molecule has 1 amide bonds. The van der Waals surface area contributed by atoms with E-state index < -0.39 is 0 Å². The molecule has 126 valence electrons. The van der Waals surface area contributed by atoms with E-state index in [1.165, 1.54) is 12.8 Å². The maximum absolute atomic E-state index is 12.3. The van der Waals surface area contributed by atoms with Crippen LogP contribution in [-0.4, -0.2) is 19.0 Å². The summed E-state index contributed by atoms with van der Waals surface area (Å²) >= 11 is 2.20. The van der Waals surface area contributed by atoms with Crippen LogP contribution in [0, 0.1) is 9.49 Å². The van der Waals surface area contributed by atoms with Gasteiger partial charge in [-0.25, -0.2) is 0 Å². The van der Waals surface area contributed by atoms with Crippen LogP contribution in [0.1, 0.15) is 30.1 Å². The van der Waals surface area contributed by atoms with Crippen molar-refractivity contribution in [3.8, 4) is 0 Å². The number of hydrogen-bond donors (Lipinski definition) is 2. The molecule has 3 N–H and O–H groups in total. The van der Waals surface area contributed by atoms with E-state index in [1.54, 1.807) is 0 Å². The second kappa shape index (κ2) is 7.42. The van der Waals surface area contributed by atoms with Gasteiger partial charge < -0.3 is 16.0 Å². The van der Waals surface area contributed by atoms with Gasteiger partial charge in [-0.2, -0.15) is 0 Å². The highest BCUT2D eigenvalue weighted by molar-refractivity contribution is 14.1. The van der Waals surface area contributed by atoms with E-state index in [-0.39, 0.29) is 5.91 Å². The molecule has 5 heteroatoms. The Balaban J connectivity index is 1.71. The number of rotatable bonds is 3. The predicted molar refractivity (Wildman–Crippen MR) is 109 cm³/mol. The van der Waals surface area contributed by atoms with Gasteiger partial charge in [0.05, 0.1) is 11.4 Å². The number of benzene rings is 2. The zero-order chi connectivity index (χ0) is 17.1. The monoisotopic (exact) mass is 435 g/mol. The fourth-order valence-electron chi connectivity index (χ4n) is 3.00. The van der Waals surface area contributed by atoms with Crippen LogP contribution in [0.5, 0.6) is 0 Å². The summed E-state index contributed by atoms with van der Waals surface area (Å²) in [5, 5.41) is 2.92. The third-order valence-electron chi connectivity index (χ3n) is 4.50. The molecule has 0 aromatic heterocycles. The van der Waals surface area contributed by atoms with Gasteiger partial charge in [-0.1, -0.05) is 13.0 Å². The lowest BCUT2D eigenvalue weighted by Gasteiger charge is -2.33. The molecule has 3 rings (SSSR count). The van der Waals surface area contributed by atoms with Crippen LogP contribution in [0.15, 0.2) is 42.5 Å². The summed E-state index contributed by atoms with van der Waals surface area (Å²) in [5.74, 6) is 0.669. The molecule has 1 saturated heterocycles. The number of nitrogens with one attached hydrogen (secondary N) is 1. The number of nitrogens with zero attached hydrogens (tertiary/aromatic N) is 1. The zero-order valence-corrected chi connectivity index (χ0v) is 15.9. The van der Waals surface area contributed by atoms with Crippen LogP contribution in [-0.2, 0) is 0 Å². The van der Waals surface area contributed by atoms with Crippen molar-refractivity contribution in [1.29, 1.82) is 0 Å². The number of amides is 1. The Morgan fingerprint density at radius 1 is 1.21 bits per heavy atom. The molecule has 0 saturated carbocycles. The van der Waals surface area contributed by atoms with Gasteiger partial charge in [-0.3, -0.25) is 4.79 Å². The first-order valence-corrected chi connectivity index (χ1v) is 9.32. The Hall–Kier alpha value is -1.76. The Kier molecular flexibility index (Phi) is 5.28. The molecule has 0 radical (unpaired) electrons. The molecular weight excluding hydrogens is 413 g/mol. The number of nitrogen functional groups attached to an aromatic ring is 1. The first-order chi connectivity index (χ1) is 11.5. The zero-order valence-electron chi connectivity index (χ0n) is 13.8. The highest BCUT2D eigenvalue weighted by Gasteiger charge is 2.18. The van der Waals surface area contributed by atoms with E-state index in [9.17, 15) is 4.79 Å². The largest absolute Gasteiger partial charge is 0.397 e. The van der Waals surface area contributed by atoms with Crippen molar-refractivity contribution in [1.82, 2.24) is 0 Å². The molecule has 0 spiro atoms. The number of carbonyl (C=O) groups excluding carboxylic acids is 1. The topological polar surface area (TPSA) is 58.4 Å². The molecule has 1 aliphatic heterocycles. The third kappa shape index (κ3) is 4.01. The number of halogens is 1. The summed E-state index contributed by atoms with van der Waals surface area (Å²) in [4.78, 5) is 14.7. The third-order valence-corrected chi connectivity index (χ3v) is 5.17. The summed E-state index contributed by atoms with van der Waals surface area (Å²) in [5.41, 5.74) is 9.38. The molecule has 0 aliphatic carbocycles. The van der Waals surface area contributed by atoms with Gasteiger partial charge in [0.15, 0.2) is 0 Å². The lowest BCUT2D eigenvalue weighted by molar-refractivity contribution is 0.102. The highest BCUT2D eigenvalue weighted by Crippen LogP contribution is 2.30. The number of anilines is 3. The fourth-order valence-corrected chi connectivity index (χ4v) is 3.55. The summed E-state index contributed by atoms with van der Waals surface area (Å²) in [6.45, 7) is 4.38. The minimum atomic E-state index is -0.118. The average Bonchev–Trinajstić information content (AvgIpc) is 2.56. The summed E-state index contributed by atoms with van der Waals surface area (Å²) < 4.78 is 1.04. The van der Waals surface area contributed by atoms with E-state index in [1.807, 2.05) is 42.5 Å². The van der Waals surface area contributed by atoms with E-state index in [4.69, 9.17) is 5.73 Å². The lowest BCUT2D eigenvalue weighted by Crippen LogP contribution is -2.33. The van der Waals surface area contributed by atoms with Crippen molar-refractivity contribution in [3.63, 3.8) is 0 Å². The van der Waals surface area contributed by atoms with Crippen LogP contribution in [0.2, 0.25) is 0 Å². The molecule has 4 nitrogen and oxygen atoms in total. The van der Waals surface area contributed by atoms with Crippen molar-refractivity contribution in [2.24, 2.45) is 5.92 Å². The smallest absolute Gasteiger partial charge is 0.255 e. The van der Waals surface area contributed by atoms with Gasteiger partial charge >= 0.3 is 0 Å². The normalized spacial score (nSPS) is 15.3. The number of carbonyl (C=O) groups is 1. The predicted octanol–water partition coefficient (Wildman–Crippen LogP) is 4.36. The first kappa shape index (κ1) is 17.1. The summed E-state index contributed by atoms with van der Waals surface area (Å²) in [6, 6.07) is 13.3. The van der Waals surface area contributed by atoms with Crippen LogP contribution in [0.3, 0.4) is 0 Å². The lowest BCUT2D eigenvalue weighted by atomic mass is 9.98. The minimum Gasteiger partial charge on any atom is -0.397 e. The van der Waals surface area contributed by atoms with Gasteiger partial charge in [0.2, 0.25) is 0 Å². The van der Waals surface area contributed by atoms with Gasteiger partial charge in [-0.05, 0) is 77.7 Å². The second-order valence-electron chi connectivity index (χ2n) is 6.41. The van der Waals surface area contributed by atoms with Crippen molar-refractivity contribution in [2.75, 3.05) is 29.0 Å². The quantitative estimate of drug-likeness (QED) is 0.557. The van der Waals surface area contributed by atoms with Crippen LogP contribution >= 0.6 is 22.6 Å². The Morgan fingerprint density at radius 2 is 1.96 bits per heavy atom. The standard InChI is InChI=1S/C19H22IN3O/c1-13-7-9-23(10-8-13)18-6-5-16(12-17(18)21)22-19(24)14-3-2-4-15(20)11-14/h2-6,11-13H,7-10,21H2,1H3,(H,22,24). The molecule has 1 heterocycles. The van der Waals surface area contributed by atoms with E-state index in [0.717, 1.165) is 34.0 Å². The first-order valence-electron chi connectivity index (χ1n) is 8.24. The number of nitrogens with two attached hydrogens (primary N) is 1. The van der Waals surface area contributed by atoms with Gasteiger partial charge in [0.1, 0.15) is 0 Å². The Morgan fingerprint density at radius 3 is 2.62 bits per heavy atom. The molecule has 24 heavy (non-hydrogen) atoms. The van der Waals surface area contributed by atoms with Crippen LogP contribution < -0.4 is 16.0 Å². The van der Waals surface area contributed by atoms with Gasteiger partial charge in [0.25, 0.3) is 5.91 Å². The summed E-state index contributed by atoms with van der Waals surface area (Å²) in [7, 11) is 0. The van der Waals surface area contributed by atoms with Gasteiger partial charge in [0, 0.05) is 27.9 Å². The molecular formula is C19H22IN3O. The van der Waals surface area contributed by atoms with E-state index >= 15 is 0 Å². The van der Waals surface area contributed by atoms with Crippen LogP contribution in [0.4, 0.5) is 17.1 Å². The molecule has 1 fully saturated rings. The van der Waals surface area contributed by atoms with Gasteiger partial charge in [-0.15, -0.1) is 0 Å². The van der Waals surface area contributed by atoms with Crippen molar-refractivity contribution in [2.45, 2.75) is 19.8 Å². The summed E-state index contributed by atoms with van der Waals surface area (Å²) in [6.07, 6.45) is 2.40. The average molecular weight is 435 g/mol. The van der Waals surface area contributed by atoms with E-state index in [0.29, 0.717) is 11.3 Å². The molecule has 0 atom stereocenters. The van der Waals surface area contributed by atoms with Crippen LogP contribution in [0.25, 0.3) is 0 Å². The molecule has 0 bridgehead atoms. The maximum atomic E-state index is 12.3. The SMILES string of the molecule is CC1CCN(c2ccc(NC(=O)c3cccc(I)c3)cc2N)CC1. The van der Waals surface area contributed by atoms with Crippen molar-refractivity contribution in [3.05, 3.63) is 51.6 Å². The Labute approximate surface area is 156 Å².